The molecule has 0 fully saturated rings. The molecule has 1 heterocycles. The molecule has 5 heteroatoms. The number of hydrogen-bond acceptors (Lipinski definition) is 3. The SMILES string of the molecule is O=C(O)c1cc(Br)cc(N2CCCOc3ccccc32)c1. The number of hydrogen-bond donors (Lipinski definition) is 1. The molecule has 0 radical (unpaired) electrons. The van der Waals surface area contributed by atoms with Crippen molar-refractivity contribution in [1.82, 2.24) is 0 Å². The topological polar surface area (TPSA) is 49.8 Å². The summed E-state index contributed by atoms with van der Waals surface area (Å²) in [6, 6.07) is 13.0. The van der Waals surface area contributed by atoms with Crippen LogP contribution in [0.4, 0.5) is 11.4 Å². The van der Waals surface area contributed by atoms with Gasteiger partial charge >= 0.3 is 5.97 Å². The van der Waals surface area contributed by atoms with E-state index in [2.05, 4.69) is 20.8 Å². The van der Waals surface area contributed by atoms with Gasteiger partial charge in [-0.05, 0) is 36.8 Å². The summed E-state index contributed by atoms with van der Waals surface area (Å²) in [5.41, 5.74) is 2.08. The van der Waals surface area contributed by atoms with Crippen LogP contribution in [0.3, 0.4) is 0 Å². The Morgan fingerprint density at radius 3 is 2.86 bits per heavy atom. The zero-order chi connectivity index (χ0) is 14.8. The predicted octanol–water partition coefficient (Wildman–Crippen LogP) is 4.07. The highest BCUT2D eigenvalue weighted by atomic mass is 79.9. The van der Waals surface area contributed by atoms with E-state index in [-0.39, 0.29) is 5.56 Å². The first-order valence-corrected chi connectivity index (χ1v) is 7.48. The van der Waals surface area contributed by atoms with Gasteiger partial charge in [0.05, 0.1) is 17.9 Å². The van der Waals surface area contributed by atoms with Crippen molar-refractivity contribution < 1.29 is 14.6 Å². The lowest BCUT2D eigenvalue weighted by Gasteiger charge is -2.24. The average Bonchev–Trinajstić information content (AvgIpc) is 2.69. The molecule has 2 aromatic carbocycles. The molecule has 0 bridgehead atoms. The Morgan fingerprint density at radius 1 is 1.24 bits per heavy atom. The van der Waals surface area contributed by atoms with E-state index in [0.717, 1.165) is 34.6 Å². The Hall–Kier alpha value is -2.01. The Bertz CT molecular complexity index is 687. The van der Waals surface area contributed by atoms with E-state index in [1.807, 2.05) is 30.3 Å². The van der Waals surface area contributed by atoms with E-state index < -0.39 is 5.97 Å². The lowest BCUT2D eigenvalue weighted by molar-refractivity contribution is 0.0697. The maximum atomic E-state index is 11.2. The van der Waals surface area contributed by atoms with Gasteiger partial charge in [-0.25, -0.2) is 4.79 Å². The molecule has 0 saturated heterocycles. The summed E-state index contributed by atoms with van der Waals surface area (Å²) in [7, 11) is 0. The minimum atomic E-state index is -0.933. The first kappa shape index (κ1) is 13.9. The Labute approximate surface area is 131 Å². The molecular weight excluding hydrogens is 334 g/mol. The van der Waals surface area contributed by atoms with Crippen molar-refractivity contribution in [3.63, 3.8) is 0 Å². The molecule has 4 nitrogen and oxygen atoms in total. The summed E-state index contributed by atoms with van der Waals surface area (Å²) < 4.78 is 6.49. The van der Waals surface area contributed by atoms with E-state index in [1.165, 1.54) is 0 Å². The second kappa shape index (κ2) is 5.77. The quantitative estimate of drug-likeness (QED) is 0.889. The summed E-state index contributed by atoms with van der Waals surface area (Å²) in [6.07, 6.45) is 0.879. The zero-order valence-corrected chi connectivity index (χ0v) is 12.8. The van der Waals surface area contributed by atoms with Gasteiger partial charge in [-0.2, -0.15) is 0 Å². The van der Waals surface area contributed by atoms with Crippen molar-refractivity contribution in [3.05, 3.63) is 52.5 Å². The van der Waals surface area contributed by atoms with Crippen LogP contribution < -0.4 is 9.64 Å². The molecule has 0 amide bonds. The number of aromatic carboxylic acids is 1. The number of para-hydroxylation sites is 2. The molecule has 108 valence electrons. The first-order chi connectivity index (χ1) is 10.1. The van der Waals surface area contributed by atoms with Gasteiger partial charge in [0, 0.05) is 16.7 Å². The highest BCUT2D eigenvalue weighted by Crippen LogP contribution is 2.37. The van der Waals surface area contributed by atoms with Crippen LogP contribution >= 0.6 is 15.9 Å². The lowest BCUT2D eigenvalue weighted by Crippen LogP contribution is -2.18. The lowest BCUT2D eigenvalue weighted by atomic mass is 10.1. The largest absolute Gasteiger partial charge is 0.491 e. The predicted molar refractivity (Wildman–Crippen MR) is 84.7 cm³/mol. The number of nitrogens with zero attached hydrogens (tertiary/aromatic N) is 1. The van der Waals surface area contributed by atoms with E-state index >= 15 is 0 Å². The van der Waals surface area contributed by atoms with Gasteiger partial charge in [-0.15, -0.1) is 0 Å². The normalized spacial score (nSPS) is 14.0. The van der Waals surface area contributed by atoms with Gasteiger partial charge in [-0.3, -0.25) is 0 Å². The maximum absolute atomic E-state index is 11.2. The molecule has 1 N–H and O–H groups in total. The number of ether oxygens (including phenoxy) is 1. The van der Waals surface area contributed by atoms with Crippen LogP contribution in [0.15, 0.2) is 46.9 Å². The Kier molecular flexibility index (Phi) is 3.84. The van der Waals surface area contributed by atoms with Gasteiger partial charge in [-0.1, -0.05) is 28.1 Å². The molecule has 0 aromatic heterocycles. The second-order valence-electron chi connectivity index (χ2n) is 4.82. The minimum Gasteiger partial charge on any atom is -0.491 e. The van der Waals surface area contributed by atoms with E-state index in [0.29, 0.717) is 6.61 Å². The third-order valence-electron chi connectivity index (χ3n) is 3.38. The third-order valence-corrected chi connectivity index (χ3v) is 3.84. The minimum absolute atomic E-state index is 0.266. The van der Waals surface area contributed by atoms with Crippen molar-refractivity contribution in [2.24, 2.45) is 0 Å². The summed E-state index contributed by atoms with van der Waals surface area (Å²) >= 11 is 3.39. The van der Waals surface area contributed by atoms with Crippen LogP contribution in [0.1, 0.15) is 16.8 Å². The van der Waals surface area contributed by atoms with Gasteiger partial charge in [0.1, 0.15) is 5.75 Å². The monoisotopic (exact) mass is 347 g/mol. The number of carboxylic acid groups (broad SMARTS) is 1. The van der Waals surface area contributed by atoms with Crippen molar-refractivity contribution in [2.75, 3.05) is 18.1 Å². The van der Waals surface area contributed by atoms with Crippen LogP contribution in [-0.2, 0) is 0 Å². The average molecular weight is 348 g/mol. The fourth-order valence-electron chi connectivity index (χ4n) is 2.45. The number of benzene rings is 2. The summed E-state index contributed by atoms with van der Waals surface area (Å²) in [5.74, 6) is -0.108. The van der Waals surface area contributed by atoms with Crippen LogP contribution in [-0.4, -0.2) is 24.2 Å². The number of carbonyl (C=O) groups is 1. The van der Waals surface area contributed by atoms with E-state index in [1.54, 1.807) is 12.1 Å². The maximum Gasteiger partial charge on any atom is 0.335 e. The molecule has 3 rings (SSSR count). The molecule has 2 aromatic rings. The van der Waals surface area contributed by atoms with Crippen molar-refractivity contribution in [3.8, 4) is 5.75 Å². The summed E-state index contributed by atoms with van der Waals surface area (Å²) in [5, 5.41) is 9.22. The van der Waals surface area contributed by atoms with Crippen LogP contribution in [0.25, 0.3) is 0 Å². The molecule has 0 unspecified atom stereocenters. The number of anilines is 2. The first-order valence-electron chi connectivity index (χ1n) is 6.68. The molecule has 0 saturated carbocycles. The van der Waals surface area contributed by atoms with Crippen LogP contribution in [0.5, 0.6) is 5.75 Å². The van der Waals surface area contributed by atoms with Gasteiger partial charge < -0.3 is 14.7 Å². The standard InChI is InChI=1S/C16H14BrNO3/c17-12-8-11(16(19)20)9-13(10-12)18-6-3-7-21-15-5-2-1-4-14(15)18/h1-2,4-5,8-10H,3,6-7H2,(H,19,20). The smallest absolute Gasteiger partial charge is 0.335 e. The molecule has 0 aliphatic carbocycles. The second-order valence-corrected chi connectivity index (χ2v) is 5.74. The van der Waals surface area contributed by atoms with Crippen molar-refractivity contribution in [1.29, 1.82) is 0 Å². The molecule has 21 heavy (non-hydrogen) atoms. The highest BCUT2D eigenvalue weighted by Gasteiger charge is 2.19. The van der Waals surface area contributed by atoms with Crippen molar-refractivity contribution >= 4 is 33.3 Å². The van der Waals surface area contributed by atoms with Crippen molar-refractivity contribution in [2.45, 2.75) is 6.42 Å². The van der Waals surface area contributed by atoms with Crippen LogP contribution in [0.2, 0.25) is 0 Å². The number of rotatable bonds is 2. The van der Waals surface area contributed by atoms with Crippen LogP contribution in [0, 0.1) is 0 Å². The fourth-order valence-corrected chi connectivity index (χ4v) is 2.93. The number of halogens is 1. The zero-order valence-electron chi connectivity index (χ0n) is 11.3. The Morgan fingerprint density at radius 2 is 2.05 bits per heavy atom. The highest BCUT2D eigenvalue weighted by molar-refractivity contribution is 9.10. The van der Waals surface area contributed by atoms with Gasteiger partial charge in [0.25, 0.3) is 0 Å². The number of carboxylic acids is 1. The van der Waals surface area contributed by atoms with E-state index in [9.17, 15) is 9.90 Å². The molecule has 1 aliphatic heterocycles. The Balaban J connectivity index is 2.09. The fraction of sp³-hybridized carbons (Fsp3) is 0.188. The van der Waals surface area contributed by atoms with Gasteiger partial charge in [0.15, 0.2) is 0 Å². The molecular formula is C16H14BrNO3. The molecule has 0 atom stereocenters. The van der Waals surface area contributed by atoms with E-state index in [4.69, 9.17) is 4.74 Å². The molecule has 0 spiro atoms. The molecule has 1 aliphatic rings. The summed E-state index contributed by atoms with van der Waals surface area (Å²) in [6.45, 7) is 1.44. The number of fused-ring (bicyclic) bond motifs is 1. The van der Waals surface area contributed by atoms with Gasteiger partial charge in [0.2, 0.25) is 0 Å². The summed E-state index contributed by atoms with van der Waals surface area (Å²) in [4.78, 5) is 13.3. The third kappa shape index (κ3) is 2.88.